The molecular formula is C42H27F8N4O4S2-. The van der Waals surface area contributed by atoms with Crippen molar-refractivity contribution in [3.8, 4) is 23.0 Å². The summed E-state index contributed by atoms with van der Waals surface area (Å²) in [6.45, 7) is 3.07. The molecule has 0 aliphatic carbocycles. The van der Waals surface area contributed by atoms with Crippen LogP contribution >= 0.6 is 11.3 Å². The summed E-state index contributed by atoms with van der Waals surface area (Å²) in [7, 11) is -4.08. The van der Waals surface area contributed by atoms with E-state index in [0.29, 0.717) is 11.1 Å². The van der Waals surface area contributed by atoms with Crippen LogP contribution in [0.4, 0.5) is 46.5 Å². The third kappa shape index (κ3) is 8.74. The van der Waals surface area contributed by atoms with Gasteiger partial charge in [0.15, 0.2) is 5.82 Å². The van der Waals surface area contributed by atoms with Gasteiger partial charge in [-0.15, -0.1) is 17.0 Å². The van der Waals surface area contributed by atoms with Crippen LogP contribution in [0.3, 0.4) is 0 Å². The lowest BCUT2D eigenvalue weighted by molar-refractivity contribution is -0.137. The molecule has 18 heteroatoms. The van der Waals surface area contributed by atoms with Crippen molar-refractivity contribution >= 4 is 64.6 Å². The van der Waals surface area contributed by atoms with Crippen LogP contribution in [0.2, 0.25) is 0 Å². The van der Waals surface area contributed by atoms with Crippen LogP contribution in [0.1, 0.15) is 22.5 Å². The highest BCUT2D eigenvalue weighted by molar-refractivity contribution is 7.93. The maximum absolute atomic E-state index is 14.9. The Morgan fingerprint density at radius 3 is 1.65 bits per heavy atom. The number of ether oxygens (including phenoxy) is 2. The molecule has 5 aromatic carbocycles. The number of nitrogens with zero attached hydrogens (tertiary/aromatic N) is 2. The number of pyridine rings is 2. The molecule has 3 heterocycles. The fraction of sp³-hybridized carbons (Fsp3) is 0.0952. The van der Waals surface area contributed by atoms with Gasteiger partial charge in [-0.05, 0) is 62.4 Å². The smallest absolute Gasteiger partial charge is 0.418 e. The largest absolute Gasteiger partial charge is 0.696 e. The molecular weight excluding hydrogens is 841 g/mol. The number of benzene rings is 5. The highest BCUT2D eigenvalue weighted by atomic mass is 32.2. The van der Waals surface area contributed by atoms with Crippen molar-refractivity contribution in [3.63, 3.8) is 0 Å². The van der Waals surface area contributed by atoms with Crippen molar-refractivity contribution in [3.05, 3.63) is 154 Å². The summed E-state index contributed by atoms with van der Waals surface area (Å²) >= 11 is 1.26. The van der Waals surface area contributed by atoms with Crippen molar-refractivity contribution in [1.82, 2.24) is 9.97 Å². The Morgan fingerprint density at radius 2 is 1.13 bits per heavy atom. The Hall–Kier alpha value is -6.53. The fourth-order valence-electron chi connectivity index (χ4n) is 6.12. The van der Waals surface area contributed by atoms with Crippen LogP contribution in [0.25, 0.3) is 37.6 Å². The predicted octanol–water partition coefficient (Wildman–Crippen LogP) is 13.7. The second kappa shape index (κ2) is 15.9. The maximum Gasteiger partial charge on any atom is 0.418 e. The Labute approximate surface area is 339 Å². The predicted molar refractivity (Wildman–Crippen MR) is 213 cm³/mol. The lowest BCUT2D eigenvalue weighted by atomic mass is 10.1. The number of hydrogen-bond donors (Lipinski definition) is 1. The van der Waals surface area contributed by atoms with Crippen LogP contribution in [0, 0.1) is 25.5 Å². The summed E-state index contributed by atoms with van der Waals surface area (Å²) in [5.74, 6) is -1.43. The van der Waals surface area contributed by atoms with Gasteiger partial charge in [0, 0.05) is 61.9 Å². The van der Waals surface area contributed by atoms with E-state index in [1.807, 2.05) is 0 Å². The van der Waals surface area contributed by atoms with Gasteiger partial charge in [0.2, 0.25) is 0 Å². The molecule has 0 saturated heterocycles. The first-order valence-electron chi connectivity index (χ1n) is 17.4. The van der Waals surface area contributed by atoms with Gasteiger partial charge in [-0.1, -0.05) is 36.4 Å². The second-order valence-corrected chi connectivity index (χ2v) is 15.7. The summed E-state index contributed by atoms with van der Waals surface area (Å²) in [6.07, 6.45) is -9.16. The summed E-state index contributed by atoms with van der Waals surface area (Å²) in [5, 5.41) is 2.28. The van der Waals surface area contributed by atoms with Crippen LogP contribution in [0.15, 0.2) is 119 Å². The number of fused-ring (bicyclic) bond motifs is 3. The van der Waals surface area contributed by atoms with E-state index in [2.05, 4.69) is 14.7 Å². The van der Waals surface area contributed by atoms with Gasteiger partial charge in [-0.2, -0.15) is 26.3 Å². The first-order chi connectivity index (χ1) is 28.3. The van der Waals surface area contributed by atoms with Crippen molar-refractivity contribution in [2.24, 2.45) is 0 Å². The first-order valence-corrected chi connectivity index (χ1v) is 19.8. The molecule has 0 spiro atoms. The average Bonchev–Trinajstić information content (AvgIpc) is 3.62. The van der Waals surface area contributed by atoms with E-state index in [1.54, 1.807) is 31.2 Å². The van der Waals surface area contributed by atoms with Gasteiger partial charge in [0.1, 0.15) is 33.7 Å². The lowest BCUT2D eigenvalue weighted by Crippen LogP contribution is -2.13. The molecule has 0 aliphatic rings. The average molecular weight is 868 g/mol. The Kier molecular flexibility index (Phi) is 11.0. The van der Waals surface area contributed by atoms with E-state index in [4.69, 9.17) is 15.2 Å². The van der Waals surface area contributed by atoms with Gasteiger partial charge in [0.05, 0.1) is 27.8 Å². The molecule has 308 valence electrons. The number of anilines is 1. The molecule has 8 rings (SSSR count). The zero-order valence-electron chi connectivity index (χ0n) is 30.8. The lowest BCUT2D eigenvalue weighted by Gasteiger charge is -2.14. The van der Waals surface area contributed by atoms with Crippen molar-refractivity contribution in [1.29, 1.82) is 0 Å². The van der Waals surface area contributed by atoms with E-state index in [9.17, 15) is 43.5 Å². The molecule has 0 aliphatic heterocycles. The quantitative estimate of drug-likeness (QED) is 0.160. The van der Waals surface area contributed by atoms with E-state index >= 15 is 0 Å². The number of rotatable bonds is 7. The molecule has 0 atom stereocenters. The van der Waals surface area contributed by atoms with Gasteiger partial charge in [-0.3, -0.25) is 14.7 Å². The number of halogens is 8. The van der Waals surface area contributed by atoms with E-state index in [-0.39, 0.29) is 66.8 Å². The number of alkyl halides is 6. The molecule has 0 bridgehead atoms. The zero-order chi connectivity index (χ0) is 43.1. The standard InChI is InChI=1S/C25H16F4N2O3S2.C17H11F4N2O/c1-14-11-21(16-6-4-7-18(24(16)30-14)25(27,28)29)34-15-9-10-20(19(26)12-15)31-36(32,33)23-13-35-22-8-3-2-5-17(22)23;1-9-7-15(24-10-5-6-14(22)13(18)8-10)11-3-2-4-12(16(11)23-9)17(19,20)21/h2-13,31H,1H3;2-8,22H,1H3/q;-1. The summed E-state index contributed by atoms with van der Waals surface area (Å²) in [4.78, 5) is 8.01. The number of hydrogen-bond acceptors (Lipinski definition) is 7. The van der Waals surface area contributed by atoms with Crippen molar-refractivity contribution in [2.75, 3.05) is 4.72 Å². The molecule has 60 heavy (non-hydrogen) atoms. The SMILES string of the molecule is Cc1cc(Oc2ccc(NS(=O)(=O)c3csc4ccccc34)c(F)c2)c2cccc(C(F)(F)F)c2n1.Cc1cc(Oc2ccc([NH-])c(F)c2)c2cccc(C(F)(F)F)c2n1. The van der Waals surface area contributed by atoms with Gasteiger partial charge in [-0.25, -0.2) is 17.2 Å². The van der Waals surface area contributed by atoms with Crippen LogP contribution in [-0.4, -0.2) is 18.4 Å². The van der Waals surface area contributed by atoms with E-state index in [0.717, 1.165) is 29.0 Å². The fourth-order valence-corrected chi connectivity index (χ4v) is 8.69. The number of para-hydroxylation sites is 2. The monoisotopic (exact) mass is 867 g/mol. The molecule has 0 radical (unpaired) electrons. The number of nitrogens with one attached hydrogen (secondary N) is 2. The summed E-state index contributed by atoms with van der Waals surface area (Å²) in [6, 6.07) is 24.2. The second-order valence-electron chi connectivity index (χ2n) is 13.1. The zero-order valence-corrected chi connectivity index (χ0v) is 32.5. The van der Waals surface area contributed by atoms with Gasteiger partial charge >= 0.3 is 12.4 Å². The van der Waals surface area contributed by atoms with Crippen molar-refractivity contribution in [2.45, 2.75) is 31.1 Å². The van der Waals surface area contributed by atoms with Crippen LogP contribution in [-0.2, 0) is 22.4 Å². The van der Waals surface area contributed by atoms with Crippen LogP contribution in [0.5, 0.6) is 23.0 Å². The summed E-state index contributed by atoms with van der Waals surface area (Å²) < 4.78 is 148. The molecule has 8 aromatic rings. The molecule has 2 N–H and O–H groups in total. The molecule has 0 amide bonds. The normalized spacial score (nSPS) is 12.0. The summed E-state index contributed by atoms with van der Waals surface area (Å²) in [5.41, 5.74) is 5.04. The third-order valence-electron chi connectivity index (χ3n) is 8.79. The Balaban J connectivity index is 0.000000197. The Morgan fingerprint density at radius 1 is 0.633 bits per heavy atom. The van der Waals surface area contributed by atoms with Crippen molar-refractivity contribution < 1.29 is 53.0 Å². The minimum absolute atomic E-state index is 0.0271. The third-order valence-corrected chi connectivity index (χ3v) is 11.3. The maximum atomic E-state index is 14.9. The minimum atomic E-state index is -4.61. The van der Waals surface area contributed by atoms with E-state index in [1.165, 1.54) is 84.3 Å². The molecule has 0 fully saturated rings. The molecule has 8 nitrogen and oxygen atoms in total. The van der Waals surface area contributed by atoms with Gasteiger partial charge in [0.25, 0.3) is 10.0 Å². The highest BCUT2D eigenvalue weighted by Gasteiger charge is 2.35. The number of aromatic nitrogens is 2. The molecule has 0 saturated carbocycles. The van der Waals surface area contributed by atoms with E-state index < -0.39 is 45.1 Å². The highest BCUT2D eigenvalue weighted by Crippen LogP contribution is 2.41. The number of thiophene rings is 1. The van der Waals surface area contributed by atoms with Gasteiger partial charge < -0.3 is 15.2 Å². The minimum Gasteiger partial charge on any atom is -0.696 e. The van der Waals surface area contributed by atoms with Crippen LogP contribution < -0.4 is 14.2 Å². The number of sulfonamides is 1. The molecule has 3 aromatic heterocycles. The number of aryl methyl sites for hydroxylation is 2. The molecule has 0 unspecified atom stereocenters. The Bertz CT molecular complexity index is 3050. The first kappa shape index (κ1) is 41.6. The topological polar surface area (TPSA) is 114 Å².